The highest BCUT2D eigenvalue weighted by molar-refractivity contribution is 7.71. The van der Waals surface area contributed by atoms with E-state index < -0.39 is 0 Å². The van der Waals surface area contributed by atoms with Crippen molar-refractivity contribution in [1.82, 2.24) is 9.97 Å². The molecule has 1 atom stereocenters. The summed E-state index contributed by atoms with van der Waals surface area (Å²) < 4.78 is 0.276. The molecule has 2 aliphatic rings. The lowest BCUT2D eigenvalue weighted by atomic mass is 9.76. The number of Topliss-reactive ketones (excluding diaryl/α,β-unsaturated/α-hetero) is 1. The Morgan fingerprint density at radius 1 is 1.07 bits per heavy atom. The molecule has 6 nitrogen and oxygen atoms in total. The first-order chi connectivity index (χ1) is 13.5. The third-order valence-corrected chi connectivity index (χ3v) is 5.85. The van der Waals surface area contributed by atoms with Crippen molar-refractivity contribution < 1.29 is 4.79 Å². The van der Waals surface area contributed by atoms with Crippen LogP contribution in [0.15, 0.2) is 40.3 Å². The molecule has 2 heterocycles. The average Bonchev–Trinajstić information content (AvgIpc) is 2.68. The summed E-state index contributed by atoms with van der Waals surface area (Å²) in [4.78, 5) is 33.6. The molecule has 146 valence electrons. The molecule has 1 unspecified atom stereocenters. The van der Waals surface area contributed by atoms with Crippen molar-refractivity contribution in [1.29, 1.82) is 0 Å². The van der Waals surface area contributed by atoms with Gasteiger partial charge in [0, 0.05) is 42.4 Å². The maximum absolute atomic E-state index is 12.8. The van der Waals surface area contributed by atoms with Crippen molar-refractivity contribution >= 4 is 29.5 Å². The fraction of sp³-hybridized carbons (Fsp3) is 0.381. The van der Waals surface area contributed by atoms with E-state index in [0.29, 0.717) is 23.4 Å². The predicted octanol–water partition coefficient (Wildman–Crippen LogP) is 3.84. The number of benzene rings is 1. The minimum atomic E-state index is -0.389. The van der Waals surface area contributed by atoms with Gasteiger partial charge in [-0.25, -0.2) is 0 Å². The van der Waals surface area contributed by atoms with E-state index in [1.165, 1.54) is 0 Å². The number of fused-ring (bicyclic) bond motifs is 1. The Hall–Kier alpha value is -2.67. The largest absolute Gasteiger partial charge is 0.372 e. The van der Waals surface area contributed by atoms with Crippen LogP contribution < -0.4 is 15.8 Å². The third-order valence-electron chi connectivity index (χ3n) is 5.64. The van der Waals surface area contributed by atoms with Gasteiger partial charge in [0.1, 0.15) is 5.82 Å². The molecule has 0 bridgehead atoms. The zero-order valence-electron chi connectivity index (χ0n) is 16.1. The monoisotopic (exact) mass is 396 g/mol. The molecule has 0 saturated heterocycles. The molecule has 1 aromatic heterocycles. The smallest absolute Gasteiger partial charge is 0.257 e. The van der Waals surface area contributed by atoms with E-state index in [-0.39, 0.29) is 22.0 Å². The summed E-state index contributed by atoms with van der Waals surface area (Å²) in [5.41, 5.74) is 3.96. The number of ketones is 1. The lowest BCUT2D eigenvalue weighted by molar-refractivity contribution is -0.116. The van der Waals surface area contributed by atoms with Crippen molar-refractivity contribution in [3.8, 4) is 0 Å². The molecule has 3 N–H and O–H groups in total. The van der Waals surface area contributed by atoms with Gasteiger partial charge in [-0.1, -0.05) is 12.1 Å². The van der Waals surface area contributed by atoms with E-state index in [0.717, 1.165) is 42.9 Å². The Labute approximate surface area is 168 Å². The first-order valence-corrected chi connectivity index (χ1v) is 10.2. The van der Waals surface area contributed by atoms with Crippen LogP contribution in [0.3, 0.4) is 0 Å². The SMILES string of the molecule is CCN(CC)c1ccc(C2C3=C(CCCC3=O)Nc3[nH]c(=S)[nH]c(=O)c32)cc1. The number of aromatic nitrogens is 2. The zero-order chi connectivity index (χ0) is 19.8. The van der Waals surface area contributed by atoms with Crippen LogP contribution in [0.5, 0.6) is 0 Å². The Morgan fingerprint density at radius 2 is 1.79 bits per heavy atom. The lowest BCUT2D eigenvalue weighted by Crippen LogP contribution is -2.32. The van der Waals surface area contributed by atoms with Crippen LogP contribution in [0, 0.1) is 4.77 Å². The molecule has 1 aromatic carbocycles. The molecule has 4 rings (SSSR count). The van der Waals surface area contributed by atoms with Crippen molar-refractivity contribution in [3.63, 3.8) is 0 Å². The van der Waals surface area contributed by atoms with Gasteiger partial charge in [-0.2, -0.15) is 0 Å². The molecule has 1 aliphatic heterocycles. The quantitative estimate of drug-likeness (QED) is 0.684. The normalized spacial score (nSPS) is 18.4. The van der Waals surface area contributed by atoms with E-state index in [1.807, 2.05) is 12.1 Å². The van der Waals surface area contributed by atoms with Crippen molar-refractivity contribution in [3.05, 3.63) is 61.8 Å². The number of rotatable bonds is 4. The molecular formula is C21H24N4O2S. The molecule has 0 amide bonds. The average molecular weight is 397 g/mol. The second-order valence-corrected chi connectivity index (χ2v) is 7.60. The summed E-state index contributed by atoms with van der Waals surface area (Å²) in [7, 11) is 0. The van der Waals surface area contributed by atoms with Crippen LogP contribution in [-0.4, -0.2) is 28.8 Å². The number of aromatic amines is 2. The highest BCUT2D eigenvalue weighted by Gasteiger charge is 2.37. The first kappa shape index (κ1) is 18.7. The van der Waals surface area contributed by atoms with Gasteiger partial charge >= 0.3 is 0 Å². The summed E-state index contributed by atoms with van der Waals surface area (Å²) in [6, 6.07) is 8.19. The Bertz CT molecular complexity index is 1060. The number of nitrogens with one attached hydrogen (secondary N) is 3. The number of H-pyrrole nitrogens is 2. The van der Waals surface area contributed by atoms with Gasteiger partial charge in [-0.05, 0) is 56.6 Å². The topological polar surface area (TPSA) is 81.0 Å². The number of anilines is 2. The maximum Gasteiger partial charge on any atom is 0.257 e. The summed E-state index contributed by atoms with van der Waals surface area (Å²) in [5.74, 6) is 0.319. The zero-order valence-corrected chi connectivity index (χ0v) is 16.9. The van der Waals surface area contributed by atoms with E-state index in [2.05, 4.69) is 46.2 Å². The van der Waals surface area contributed by atoms with Crippen LogP contribution in [0.4, 0.5) is 11.5 Å². The van der Waals surface area contributed by atoms with Crippen LogP contribution in [0.2, 0.25) is 0 Å². The standard InChI is InChI=1S/C21H24N4O2S/c1-3-25(4-2)13-10-8-12(9-11-13)16-17-14(6-5-7-15(17)26)22-19-18(16)20(27)24-21(28)23-19/h8-11,16H,3-7H2,1-2H3,(H3,22,23,24,27,28). The molecular weight excluding hydrogens is 372 g/mol. The number of carbonyl (C=O) groups excluding carboxylic acids is 1. The van der Waals surface area contributed by atoms with E-state index in [9.17, 15) is 9.59 Å². The van der Waals surface area contributed by atoms with E-state index in [1.54, 1.807) is 0 Å². The molecule has 0 spiro atoms. The molecule has 28 heavy (non-hydrogen) atoms. The van der Waals surface area contributed by atoms with Gasteiger partial charge in [0.05, 0.1) is 5.56 Å². The van der Waals surface area contributed by atoms with E-state index in [4.69, 9.17) is 12.2 Å². The van der Waals surface area contributed by atoms with Gasteiger partial charge < -0.3 is 15.2 Å². The Kier molecular flexibility index (Phi) is 4.93. The van der Waals surface area contributed by atoms with Crippen molar-refractivity contribution in [2.45, 2.75) is 39.0 Å². The summed E-state index contributed by atoms with van der Waals surface area (Å²) in [6.07, 6.45) is 2.13. The molecule has 0 saturated carbocycles. The molecule has 1 aliphatic carbocycles. The van der Waals surface area contributed by atoms with Gasteiger partial charge in [-0.15, -0.1) is 0 Å². The number of hydrogen-bond donors (Lipinski definition) is 3. The van der Waals surface area contributed by atoms with Gasteiger partial charge in [-0.3, -0.25) is 14.6 Å². The Balaban J connectivity index is 1.88. The second-order valence-electron chi connectivity index (χ2n) is 7.19. The number of allylic oxidation sites excluding steroid dienone is 2. The van der Waals surface area contributed by atoms with Crippen LogP contribution in [-0.2, 0) is 4.79 Å². The minimum Gasteiger partial charge on any atom is -0.372 e. The molecule has 7 heteroatoms. The first-order valence-electron chi connectivity index (χ1n) is 9.78. The summed E-state index contributed by atoms with van der Waals surface area (Å²) in [5, 5.41) is 3.27. The van der Waals surface area contributed by atoms with Gasteiger partial charge in [0.15, 0.2) is 10.6 Å². The fourth-order valence-electron chi connectivity index (χ4n) is 4.29. The number of hydrogen-bond acceptors (Lipinski definition) is 5. The van der Waals surface area contributed by atoms with Gasteiger partial charge in [0.25, 0.3) is 5.56 Å². The predicted molar refractivity (Wildman–Crippen MR) is 114 cm³/mol. The fourth-order valence-corrected chi connectivity index (χ4v) is 4.49. The van der Waals surface area contributed by atoms with Crippen molar-refractivity contribution in [2.75, 3.05) is 23.3 Å². The second kappa shape index (κ2) is 7.39. The van der Waals surface area contributed by atoms with Crippen LogP contribution in [0.25, 0.3) is 0 Å². The molecule has 0 fully saturated rings. The lowest BCUT2D eigenvalue weighted by Gasteiger charge is -2.33. The maximum atomic E-state index is 12.8. The van der Waals surface area contributed by atoms with Crippen LogP contribution in [0.1, 0.15) is 50.2 Å². The van der Waals surface area contributed by atoms with Crippen LogP contribution >= 0.6 is 12.2 Å². The number of carbonyl (C=O) groups is 1. The minimum absolute atomic E-state index is 0.110. The highest BCUT2D eigenvalue weighted by Crippen LogP contribution is 2.43. The Morgan fingerprint density at radius 3 is 2.46 bits per heavy atom. The van der Waals surface area contributed by atoms with E-state index >= 15 is 0 Å². The number of nitrogens with zero attached hydrogens (tertiary/aromatic N) is 1. The van der Waals surface area contributed by atoms with Crippen molar-refractivity contribution in [2.24, 2.45) is 0 Å². The summed E-state index contributed by atoms with van der Waals surface area (Å²) in [6.45, 7) is 6.10. The van der Waals surface area contributed by atoms with Gasteiger partial charge in [0.2, 0.25) is 0 Å². The molecule has 0 radical (unpaired) electrons. The summed E-state index contributed by atoms with van der Waals surface area (Å²) >= 11 is 5.14. The highest BCUT2D eigenvalue weighted by atomic mass is 32.1. The molecule has 2 aromatic rings. The third kappa shape index (κ3) is 3.09.